The molecule has 7 heteroatoms. The predicted octanol–water partition coefficient (Wildman–Crippen LogP) is 2.43. The number of amides is 1. The number of benzene rings is 1. The minimum absolute atomic E-state index is 0.0403. The Bertz CT molecular complexity index is 798. The summed E-state index contributed by atoms with van der Waals surface area (Å²) in [5, 5.41) is 8.25. The van der Waals surface area contributed by atoms with E-state index in [4.69, 9.17) is 0 Å². The van der Waals surface area contributed by atoms with E-state index in [1.807, 2.05) is 25.3 Å². The van der Waals surface area contributed by atoms with Gasteiger partial charge >= 0.3 is 0 Å². The van der Waals surface area contributed by atoms with E-state index in [9.17, 15) is 4.79 Å². The summed E-state index contributed by atoms with van der Waals surface area (Å²) in [6, 6.07) is 8.20. The standard InChI is InChI=1S/C15H14N4OS2/c1-9-18-19-8-11(17-15(19)21-9)7-16-14(20)13-6-10-4-2-3-5-12(10)22-13/h2-5,8,13H,6-7H2,1H3,(H,16,20)/t13-/m1/s1. The third-order valence-electron chi connectivity index (χ3n) is 3.58. The summed E-state index contributed by atoms with van der Waals surface area (Å²) in [5.41, 5.74) is 2.10. The maximum Gasteiger partial charge on any atom is 0.234 e. The second-order valence-corrected chi connectivity index (χ2v) is 7.62. The lowest BCUT2D eigenvalue weighted by atomic mass is 10.1. The van der Waals surface area contributed by atoms with Crippen molar-refractivity contribution in [1.82, 2.24) is 19.9 Å². The Kier molecular flexibility index (Phi) is 3.38. The maximum absolute atomic E-state index is 12.3. The number of carbonyl (C=O) groups is 1. The van der Waals surface area contributed by atoms with E-state index in [0.717, 1.165) is 22.1 Å². The number of hydrogen-bond donors (Lipinski definition) is 1. The van der Waals surface area contributed by atoms with Crippen LogP contribution in [0.1, 0.15) is 16.3 Å². The van der Waals surface area contributed by atoms with Gasteiger partial charge in [-0.05, 0) is 25.0 Å². The van der Waals surface area contributed by atoms with Gasteiger partial charge in [0.25, 0.3) is 0 Å². The van der Waals surface area contributed by atoms with Crippen LogP contribution in [0.5, 0.6) is 0 Å². The fourth-order valence-electron chi connectivity index (χ4n) is 2.55. The Morgan fingerprint density at radius 2 is 2.32 bits per heavy atom. The third kappa shape index (κ3) is 2.50. The molecular weight excluding hydrogens is 316 g/mol. The van der Waals surface area contributed by atoms with Gasteiger partial charge in [0.15, 0.2) is 0 Å². The molecule has 5 nitrogen and oxygen atoms in total. The van der Waals surface area contributed by atoms with Gasteiger partial charge in [-0.3, -0.25) is 4.79 Å². The molecular formula is C15H14N4OS2. The lowest BCUT2D eigenvalue weighted by molar-refractivity contribution is -0.120. The van der Waals surface area contributed by atoms with Gasteiger partial charge in [0.1, 0.15) is 5.01 Å². The monoisotopic (exact) mass is 330 g/mol. The van der Waals surface area contributed by atoms with Gasteiger partial charge in [-0.25, -0.2) is 9.50 Å². The van der Waals surface area contributed by atoms with Gasteiger partial charge in [-0.1, -0.05) is 29.5 Å². The highest BCUT2D eigenvalue weighted by atomic mass is 32.2. The quantitative estimate of drug-likeness (QED) is 0.801. The number of aryl methyl sites for hydroxylation is 1. The molecule has 1 aliphatic heterocycles. The number of fused-ring (bicyclic) bond motifs is 2. The highest BCUT2D eigenvalue weighted by Gasteiger charge is 2.27. The second kappa shape index (κ2) is 5.40. The number of thioether (sulfide) groups is 1. The topological polar surface area (TPSA) is 59.3 Å². The molecule has 1 amide bonds. The normalized spacial score (nSPS) is 16.9. The first kappa shape index (κ1) is 13.8. The fourth-order valence-corrected chi connectivity index (χ4v) is 4.51. The summed E-state index contributed by atoms with van der Waals surface area (Å²) < 4.78 is 1.77. The van der Waals surface area contributed by atoms with E-state index in [1.54, 1.807) is 27.6 Å². The molecule has 0 bridgehead atoms. The Morgan fingerprint density at radius 1 is 1.45 bits per heavy atom. The molecule has 3 aromatic rings. The van der Waals surface area contributed by atoms with Crippen molar-refractivity contribution in [3.63, 3.8) is 0 Å². The van der Waals surface area contributed by atoms with Crippen LogP contribution in [0.2, 0.25) is 0 Å². The van der Waals surface area contributed by atoms with Crippen molar-refractivity contribution in [3.8, 4) is 0 Å². The van der Waals surface area contributed by atoms with Crippen molar-refractivity contribution < 1.29 is 4.79 Å². The van der Waals surface area contributed by atoms with Crippen LogP contribution in [0.4, 0.5) is 0 Å². The molecule has 2 aromatic heterocycles. The van der Waals surface area contributed by atoms with Crippen LogP contribution in [-0.2, 0) is 17.8 Å². The van der Waals surface area contributed by atoms with Gasteiger partial charge < -0.3 is 5.32 Å². The zero-order valence-electron chi connectivity index (χ0n) is 11.9. The fraction of sp³-hybridized carbons (Fsp3) is 0.267. The molecule has 0 unspecified atom stereocenters. The minimum Gasteiger partial charge on any atom is -0.349 e. The molecule has 0 fully saturated rings. The number of hydrogen-bond acceptors (Lipinski definition) is 5. The molecule has 1 N–H and O–H groups in total. The van der Waals surface area contributed by atoms with Gasteiger partial charge in [0, 0.05) is 4.90 Å². The summed E-state index contributed by atoms with van der Waals surface area (Å²) in [6.45, 7) is 2.40. The number of imidazole rings is 1. The largest absolute Gasteiger partial charge is 0.349 e. The summed E-state index contributed by atoms with van der Waals surface area (Å²) in [6.07, 6.45) is 2.67. The highest BCUT2D eigenvalue weighted by molar-refractivity contribution is 8.01. The number of rotatable bonds is 3. The van der Waals surface area contributed by atoms with Crippen LogP contribution >= 0.6 is 23.1 Å². The number of carbonyl (C=O) groups excluding carboxylic acids is 1. The van der Waals surface area contributed by atoms with E-state index in [2.05, 4.69) is 27.5 Å². The van der Waals surface area contributed by atoms with Crippen LogP contribution in [0.15, 0.2) is 35.4 Å². The van der Waals surface area contributed by atoms with Crippen molar-refractivity contribution >= 4 is 34.0 Å². The molecule has 1 aliphatic rings. The van der Waals surface area contributed by atoms with Gasteiger partial charge in [-0.15, -0.1) is 11.8 Å². The van der Waals surface area contributed by atoms with E-state index in [1.165, 1.54) is 10.5 Å². The predicted molar refractivity (Wildman–Crippen MR) is 87.2 cm³/mol. The zero-order chi connectivity index (χ0) is 15.1. The smallest absolute Gasteiger partial charge is 0.234 e. The van der Waals surface area contributed by atoms with Crippen molar-refractivity contribution in [2.45, 2.75) is 30.0 Å². The molecule has 0 saturated carbocycles. The second-order valence-electron chi connectivity index (χ2n) is 5.22. The van der Waals surface area contributed by atoms with Crippen molar-refractivity contribution in [3.05, 3.63) is 46.7 Å². The first-order chi connectivity index (χ1) is 10.7. The Labute approximate surface area is 135 Å². The maximum atomic E-state index is 12.3. The number of nitrogens with one attached hydrogen (secondary N) is 1. The Hall–Kier alpha value is -1.86. The van der Waals surface area contributed by atoms with E-state index in [0.29, 0.717) is 6.54 Å². The average molecular weight is 330 g/mol. The number of nitrogens with zero attached hydrogens (tertiary/aromatic N) is 3. The molecule has 0 aliphatic carbocycles. The lowest BCUT2D eigenvalue weighted by Crippen LogP contribution is -2.32. The minimum atomic E-state index is -0.0403. The van der Waals surface area contributed by atoms with Crippen LogP contribution in [-0.4, -0.2) is 25.8 Å². The van der Waals surface area contributed by atoms with Crippen molar-refractivity contribution in [2.75, 3.05) is 0 Å². The summed E-state index contributed by atoms with van der Waals surface area (Å²) in [5.74, 6) is 0.0710. The highest BCUT2D eigenvalue weighted by Crippen LogP contribution is 2.36. The Balaban J connectivity index is 1.39. The molecule has 22 heavy (non-hydrogen) atoms. The first-order valence-electron chi connectivity index (χ1n) is 7.03. The molecule has 112 valence electrons. The first-order valence-corrected chi connectivity index (χ1v) is 8.72. The van der Waals surface area contributed by atoms with Gasteiger partial charge in [-0.2, -0.15) is 5.10 Å². The van der Waals surface area contributed by atoms with E-state index in [-0.39, 0.29) is 11.2 Å². The summed E-state index contributed by atoms with van der Waals surface area (Å²) >= 11 is 3.19. The number of aromatic nitrogens is 3. The SMILES string of the molecule is Cc1nn2cc(CNC(=O)[C@H]3Cc4ccccc4S3)nc2s1. The molecule has 0 radical (unpaired) electrons. The zero-order valence-corrected chi connectivity index (χ0v) is 13.6. The molecule has 1 aromatic carbocycles. The van der Waals surface area contributed by atoms with Gasteiger partial charge in [0.05, 0.1) is 23.7 Å². The molecule has 1 atom stereocenters. The summed E-state index contributed by atoms with van der Waals surface area (Å²) in [7, 11) is 0. The average Bonchev–Trinajstić information content (AvgIpc) is 3.16. The van der Waals surface area contributed by atoms with Crippen LogP contribution in [0, 0.1) is 6.92 Å². The van der Waals surface area contributed by atoms with Crippen molar-refractivity contribution in [2.24, 2.45) is 0 Å². The Morgan fingerprint density at radius 3 is 3.14 bits per heavy atom. The molecule has 0 saturated heterocycles. The van der Waals surface area contributed by atoms with Gasteiger partial charge in [0.2, 0.25) is 10.9 Å². The summed E-state index contributed by atoms with van der Waals surface area (Å²) in [4.78, 5) is 18.9. The van der Waals surface area contributed by atoms with Crippen LogP contribution in [0.25, 0.3) is 4.96 Å². The molecule has 0 spiro atoms. The van der Waals surface area contributed by atoms with Crippen molar-refractivity contribution in [1.29, 1.82) is 0 Å². The van der Waals surface area contributed by atoms with Crippen LogP contribution < -0.4 is 5.32 Å². The molecule has 3 heterocycles. The van der Waals surface area contributed by atoms with E-state index < -0.39 is 0 Å². The van der Waals surface area contributed by atoms with E-state index >= 15 is 0 Å². The third-order valence-corrected chi connectivity index (χ3v) is 5.73. The lowest BCUT2D eigenvalue weighted by Gasteiger charge is -2.08. The van der Waals surface area contributed by atoms with Crippen LogP contribution in [0.3, 0.4) is 0 Å². The molecule has 4 rings (SSSR count).